The number of carbonyl (C=O) groups is 3. The van der Waals surface area contributed by atoms with Crippen LogP contribution < -0.4 is 0 Å². The largest absolute Gasteiger partial charge is 0.377 e. The van der Waals surface area contributed by atoms with Crippen molar-refractivity contribution >= 4 is 17.8 Å². The van der Waals surface area contributed by atoms with Crippen LogP contribution in [-0.4, -0.2) is 36.1 Å². The molecule has 0 radical (unpaired) electrons. The van der Waals surface area contributed by atoms with E-state index in [1.165, 1.54) is 0 Å². The fourth-order valence-corrected chi connectivity index (χ4v) is 1.13. The number of nitrogens with zero attached hydrogens (tertiary/aromatic N) is 1. The van der Waals surface area contributed by atoms with E-state index in [0.29, 0.717) is 11.7 Å². The molecule has 6 heteroatoms. The predicted octanol–water partition coefficient (Wildman–Crippen LogP) is 0.186. The van der Waals surface area contributed by atoms with Crippen molar-refractivity contribution in [3.8, 4) is 0 Å². The Bertz CT molecular complexity index is 296. The van der Waals surface area contributed by atoms with Crippen LogP contribution in [0.2, 0.25) is 0 Å². The number of ether oxygens (including phenoxy) is 1. The third-order valence-corrected chi connectivity index (χ3v) is 1.89. The maximum atomic E-state index is 11.2. The van der Waals surface area contributed by atoms with Crippen molar-refractivity contribution in [2.24, 2.45) is 0 Å². The van der Waals surface area contributed by atoms with Gasteiger partial charge in [0.1, 0.15) is 0 Å². The van der Waals surface area contributed by atoms with E-state index in [0.717, 1.165) is 0 Å². The minimum Gasteiger partial charge on any atom is -0.377 e. The van der Waals surface area contributed by atoms with Gasteiger partial charge in [-0.25, -0.2) is 4.79 Å². The van der Waals surface area contributed by atoms with Crippen molar-refractivity contribution in [1.29, 1.82) is 0 Å². The van der Waals surface area contributed by atoms with Gasteiger partial charge in [0.15, 0.2) is 0 Å². The van der Waals surface area contributed by atoms with E-state index in [4.69, 9.17) is 4.74 Å². The van der Waals surface area contributed by atoms with Crippen molar-refractivity contribution in [3.63, 3.8) is 0 Å². The summed E-state index contributed by atoms with van der Waals surface area (Å²) in [4.78, 5) is 37.9. The molecule has 6 nitrogen and oxygen atoms in total. The van der Waals surface area contributed by atoms with Gasteiger partial charge >= 0.3 is 5.97 Å². The minimum absolute atomic E-state index is 0.00903. The fraction of sp³-hybridized carbons (Fsp3) is 0.500. The van der Waals surface area contributed by atoms with Crippen molar-refractivity contribution in [1.82, 2.24) is 5.06 Å². The van der Waals surface area contributed by atoms with Gasteiger partial charge in [-0.1, -0.05) is 6.08 Å². The Balaban J connectivity index is 2.25. The third-order valence-electron chi connectivity index (χ3n) is 1.89. The van der Waals surface area contributed by atoms with Crippen LogP contribution in [0.25, 0.3) is 0 Å². The summed E-state index contributed by atoms with van der Waals surface area (Å²) >= 11 is 0. The zero-order chi connectivity index (χ0) is 12.0. The number of rotatable bonds is 6. The summed E-state index contributed by atoms with van der Waals surface area (Å²) < 4.78 is 4.96. The molecule has 1 heterocycles. The molecule has 88 valence electrons. The first-order valence-corrected chi connectivity index (χ1v) is 4.90. The number of carbonyl (C=O) groups excluding carboxylic acids is 3. The second-order valence-corrected chi connectivity index (χ2v) is 3.16. The lowest BCUT2D eigenvalue weighted by Crippen LogP contribution is -2.32. The quantitative estimate of drug-likeness (QED) is 0.368. The van der Waals surface area contributed by atoms with Crippen LogP contribution in [0, 0.1) is 0 Å². The van der Waals surface area contributed by atoms with Crippen LogP contribution >= 0.6 is 0 Å². The summed E-state index contributed by atoms with van der Waals surface area (Å²) in [5, 5.41) is 0.524. The second-order valence-electron chi connectivity index (χ2n) is 3.16. The number of hydrogen-bond donors (Lipinski definition) is 0. The highest BCUT2D eigenvalue weighted by atomic mass is 16.7. The smallest absolute Gasteiger partial charge is 0.335 e. The molecule has 0 N–H and O–H groups in total. The standard InChI is InChI=1S/C10H13NO5/c1-2-6-15-7-5-10(14)16-11-8(12)3-4-9(11)13/h2H,1,3-7H2. The molecule has 0 aromatic rings. The predicted molar refractivity (Wildman–Crippen MR) is 52.8 cm³/mol. The molecular formula is C10H13NO5. The van der Waals surface area contributed by atoms with Crippen LogP contribution in [0.3, 0.4) is 0 Å². The molecule has 1 saturated heterocycles. The summed E-state index contributed by atoms with van der Waals surface area (Å²) in [5.74, 6) is -1.62. The molecule has 1 rings (SSSR count). The molecule has 0 aromatic carbocycles. The molecule has 0 aliphatic carbocycles. The first-order chi connectivity index (χ1) is 7.65. The van der Waals surface area contributed by atoms with Crippen LogP contribution in [0.15, 0.2) is 12.7 Å². The third kappa shape index (κ3) is 3.47. The van der Waals surface area contributed by atoms with Gasteiger partial charge in [-0.2, -0.15) is 0 Å². The molecule has 1 aliphatic rings. The van der Waals surface area contributed by atoms with Crippen LogP contribution in [0.5, 0.6) is 0 Å². The summed E-state index contributed by atoms with van der Waals surface area (Å²) in [5.41, 5.74) is 0. The van der Waals surface area contributed by atoms with E-state index in [1.54, 1.807) is 6.08 Å². The number of hydrogen-bond acceptors (Lipinski definition) is 5. The molecule has 0 unspecified atom stereocenters. The first-order valence-electron chi connectivity index (χ1n) is 4.90. The summed E-state index contributed by atoms with van der Waals surface area (Å²) in [6.45, 7) is 3.95. The lowest BCUT2D eigenvalue weighted by Gasteiger charge is -2.12. The average molecular weight is 227 g/mol. The van der Waals surface area contributed by atoms with Gasteiger partial charge in [0.05, 0.1) is 19.6 Å². The SMILES string of the molecule is C=CCOCCC(=O)ON1C(=O)CCC1=O. The molecule has 0 bridgehead atoms. The van der Waals surface area contributed by atoms with Gasteiger partial charge in [-0.15, -0.1) is 11.6 Å². The Kier molecular flexibility index (Phi) is 4.65. The molecule has 1 aliphatic heterocycles. The Morgan fingerprint density at radius 1 is 1.38 bits per heavy atom. The Morgan fingerprint density at radius 3 is 2.56 bits per heavy atom. The van der Waals surface area contributed by atoms with E-state index in [2.05, 4.69) is 11.4 Å². The number of hydroxylamine groups is 2. The Morgan fingerprint density at radius 2 is 2.00 bits per heavy atom. The van der Waals surface area contributed by atoms with Gasteiger partial charge in [-0.3, -0.25) is 9.59 Å². The van der Waals surface area contributed by atoms with E-state index in [1.807, 2.05) is 0 Å². The highest BCUT2D eigenvalue weighted by Crippen LogP contribution is 2.12. The van der Waals surface area contributed by atoms with E-state index >= 15 is 0 Å². The Labute approximate surface area is 92.8 Å². The van der Waals surface area contributed by atoms with Crippen molar-refractivity contribution in [3.05, 3.63) is 12.7 Å². The minimum atomic E-state index is -0.660. The first kappa shape index (κ1) is 12.4. The maximum Gasteiger partial charge on any atom is 0.335 e. The van der Waals surface area contributed by atoms with Crippen molar-refractivity contribution < 1.29 is 24.0 Å². The van der Waals surface area contributed by atoms with E-state index in [-0.39, 0.29) is 25.9 Å². The van der Waals surface area contributed by atoms with Crippen LogP contribution in [0.4, 0.5) is 0 Å². The summed E-state index contributed by atoms with van der Waals surface area (Å²) in [7, 11) is 0. The topological polar surface area (TPSA) is 72.9 Å². The van der Waals surface area contributed by atoms with Gasteiger partial charge in [-0.05, 0) is 0 Å². The average Bonchev–Trinajstić information content (AvgIpc) is 2.56. The zero-order valence-electron chi connectivity index (χ0n) is 8.81. The monoisotopic (exact) mass is 227 g/mol. The fourth-order valence-electron chi connectivity index (χ4n) is 1.13. The molecule has 0 atom stereocenters. The lowest BCUT2D eigenvalue weighted by molar-refractivity contribution is -0.198. The lowest BCUT2D eigenvalue weighted by atomic mass is 10.4. The molecule has 1 fully saturated rings. The molecule has 0 aromatic heterocycles. The van der Waals surface area contributed by atoms with E-state index in [9.17, 15) is 14.4 Å². The number of imide groups is 1. The summed E-state index contributed by atoms with van der Waals surface area (Å²) in [6, 6.07) is 0. The molecule has 2 amide bonds. The maximum absolute atomic E-state index is 11.2. The second kappa shape index (κ2) is 6.02. The Hall–Kier alpha value is -1.69. The molecular weight excluding hydrogens is 214 g/mol. The highest BCUT2D eigenvalue weighted by molar-refractivity contribution is 6.01. The molecule has 0 spiro atoms. The normalized spacial score (nSPS) is 15.4. The molecule has 0 saturated carbocycles. The number of amides is 2. The summed E-state index contributed by atoms with van der Waals surface area (Å²) in [6.07, 6.45) is 1.74. The van der Waals surface area contributed by atoms with Gasteiger partial charge in [0.2, 0.25) is 0 Å². The van der Waals surface area contributed by atoms with Crippen molar-refractivity contribution in [2.75, 3.05) is 13.2 Å². The van der Waals surface area contributed by atoms with E-state index < -0.39 is 17.8 Å². The van der Waals surface area contributed by atoms with Gasteiger partial charge < -0.3 is 9.57 Å². The van der Waals surface area contributed by atoms with Crippen LogP contribution in [0.1, 0.15) is 19.3 Å². The molecule has 16 heavy (non-hydrogen) atoms. The zero-order valence-corrected chi connectivity index (χ0v) is 8.81. The van der Waals surface area contributed by atoms with Gasteiger partial charge in [0.25, 0.3) is 11.8 Å². The van der Waals surface area contributed by atoms with Crippen molar-refractivity contribution in [2.45, 2.75) is 19.3 Å². The highest BCUT2D eigenvalue weighted by Gasteiger charge is 2.32. The van der Waals surface area contributed by atoms with Gasteiger partial charge in [0, 0.05) is 12.8 Å². The van der Waals surface area contributed by atoms with Crippen LogP contribution in [-0.2, 0) is 24.0 Å².